The molecule has 1 N–H and O–H groups in total. The van der Waals surface area contributed by atoms with E-state index in [4.69, 9.17) is 27.9 Å². The largest absolute Gasteiger partial charge is 0.494 e. The molecular weight excluding hydrogens is 300 g/mol. The minimum absolute atomic E-state index is 0.195. The van der Waals surface area contributed by atoms with Crippen molar-refractivity contribution in [3.05, 3.63) is 63.4 Å². The van der Waals surface area contributed by atoms with Gasteiger partial charge in [-0.3, -0.25) is 0 Å². The molecule has 2 aromatic carbocycles. The van der Waals surface area contributed by atoms with Gasteiger partial charge in [-0.05, 0) is 36.4 Å². The van der Waals surface area contributed by atoms with E-state index in [-0.39, 0.29) is 11.8 Å². The van der Waals surface area contributed by atoms with Gasteiger partial charge in [-0.1, -0.05) is 41.4 Å². The van der Waals surface area contributed by atoms with Crippen molar-refractivity contribution in [2.24, 2.45) is 0 Å². The van der Waals surface area contributed by atoms with E-state index in [1.54, 1.807) is 25.2 Å². The average molecular weight is 314 g/mol. The molecule has 0 aliphatic heterocycles. The predicted molar refractivity (Wildman–Crippen MR) is 80.3 cm³/mol. The van der Waals surface area contributed by atoms with Gasteiger partial charge in [-0.2, -0.15) is 0 Å². The molecule has 0 spiro atoms. The third-order valence-electron chi connectivity index (χ3n) is 3.09. The first kappa shape index (κ1) is 15.1. The van der Waals surface area contributed by atoms with Gasteiger partial charge < -0.3 is 10.1 Å². The smallest absolute Gasteiger partial charge is 0.165 e. The van der Waals surface area contributed by atoms with Gasteiger partial charge in [0, 0.05) is 0 Å². The fraction of sp³-hybridized carbons (Fsp3) is 0.200. The maximum absolute atomic E-state index is 13.5. The van der Waals surface area contributed by atoms with Gasteiger partial charge in [0.15, 0.2) is 11.6 Å². The summed E-state index contributed by atoms with van der Waals surface area (Å²) in [5.74, 6) is -0.204. The Morgan fingerprint density at radius 1 is 1.20 bits per heavy atom. The summed E-state index contributed by atoms with van der Waals surface area (Å²) in [6.45, 7) is 0. The van der Waals surface area contributed by atoms with Crippen LogP contribution in [0.15, 0.2) is 36.4 Å². The SMILES string of the molecule is CNC(c1ccc(F)c(OC)c1)c1cccc(Cl)c1Cl. The number of hydrogen-bond acceptors (Lipinski definition) is 2. The Hall–Kier alpha value is -1.29. The molecule has 5 heteroatoms. The molecule has 0 saturated heterocycles. The minimum Gasteiger partial charge on any atom is -0.494 e. The summed E-state index contributed by atoms with van der Waals surface area (Å²) < 4.78 is 18.5. The Morgan fingerprint density at radius 2 is 1.95 bits per heavy atom. The number of methoxy groups -OCH3 is 1. The first-order chi connectivity index (χ1) is 9.58. The Balaban J connectivity index is 2.49. The Bertz CT molecular complexity index is 619. The number of nitrogens with one attached hydrogen (secondary N) is 1. The zero-order valence-electron chi connectivity index (χ0n) is 11.1. The lowest BCUT2D eigenvalue weighted by Gasteiger charge is -2.19. The summed E-state index contributed by atoms with van der Waals surface area (Å²) in [5.41, 5.74) is 1.67. The molecule has 1 unspecified atom stereocenters. The summed E-state index contributed by atoms with van der Waals surface area (Å²) in [6.07, 6.45) is 0. The molecule has 2 nitrogen and oxygen atoms in total. The van der Waals surface area contributed by atoms with Crippen molar-refractivity contribution in [3.8, 4) is 5.75 Å². The molecule has 0 amide bonds. The number of rotatable bonds is 4. The van der Waals surface area contributed by atoms with Crippen LogP contribution in [0.2, 0.25) is 10.0 Å². The highest BCUT2D eigenvalue weighted by molar-refractivity contribution is 6.42. The van der Waals surface area contributed by atoms with Crippen LogP contribution in [-0.2, 0) is 0 Å². The maximum atomic E-state index is 13.5. The molecule has 0 radical (unpaired) electrons. The van der Waals surface area contributed by atoms with Gasteiger partial charge >= 0.3 is 0 Å². The molecule has 0 aliphatic rings. The van der Waals surface area contributed by atoms with E-state index in [1.807, 2.05) is 12.1 Å². The molecule has 2 rings (SSSR count). The van der Waals surface area contributed by atoms with Crippen molar-refractivity contribution in [2.45, 2.75) is 6.04 Å². The van der Waals surface area contributed by atoms with Crippen molar-refractivity contribution in [1.29, 1.82) is 0 Å². The van der Waals surface area contributed by atoms with Gasteiger partial charge in [0.05, 0.1) is 23.2 Å². The summed E-state index contributed by atoms with van der Waals surface area (Å²) in [5, 5.41) is 4.12. The van der Waals surface area contributed by atoms with Crippen LogP contribution in [0, 0.1) is 5.82 Å². The molecule has 0 saturated carbocycles. The first-order valence-electron chi connectivity index (χ1n) is 6.03. The minimum atomic E-state index is -0.400. The van der Waals surface area contributed by atoms with Crippen LogP contribution in [0.25, 0.3) is 0 Å². The fourth-order valence-electron chi connectivity index (χ4n) is 2.10. The fourth-order valence-corrected chi connectivity index (χ4v) is 2.52. The number of halogens is 3. The highest BCUT2D eigenvalue weighted by Crippen LogP contribution is 2.34. The number of ether oxygens (including phenoxy) is 1. The molecule has 0 bridgehead atoms. The van der Waals surface area contributed by atoms with E-state index in [1.165, 1.54) is 13.2 Å². The van der Waals surface area contributed by atoms with Crippen LogP contribution >= 0.6 is 23.2 Å². The molecular formula is C15H14Cl2FNO. The predicted octanol–water partition coefficient (Wildman–Crippen LogP) is 4.45. The zero-order valence-corrected chi connectivity index (χ0v) is 12.6. The highest BCUT2D eigenvalue weighted by Gasteiger charge is 2.18. The third kappa shape index (κ3) is 2.90. The standard InChI is InChI=1S/C15H14Cl2FNO/c1-19-15(10-4-3-5-11(16)14(10)17)9-6-7-12(18)13(8-9)20-2/h3-8,15,19H,1-2H3. The van der Waals surface area contributed by atoms with Crippen molar-refractivity contribution >= 4 is 23.2 Å². The van der Waals surface area contributed by atoms with Crippen LogP contribution in [-0.4, -0.2) is 14.2 Å². The molecule has 1 atom stereocenters. The van der Waals surface area contributed by atoms with Gasteiger partial charge in [0.1, 0.15) is 0 Å². The van der Waals surface area contributed by atoms with Gasteiger partial charge in [-0.25, -0.2) is 4.39 Å². The molecule has 20 heavy (non-hydrogen) atoms. The van der Waals surface area contributed by atoms with Crippen molar-refractivity contribution in [1.82, 2.24) is 5.32 Å². The van der Waals surface area contributed by atoms with E-state index in [0.717, 1.165) is 11.1 Å². The Labute approximate surface area is 127 Å². The quantitative estimate of drug-likeness (QED) is 0.900. The Kier molecular flexibility index (Phi) is 4.86. The Morgan fingerprint density at radius 3 is 2.60 bits per heavy atom. The third-order valence-corrected chi connectivity index (χ3v) is 3.92. The maximum Gasteiger partial charge on any atom is 0.165 e. The number of hydrogen-bond donors (Lipinski definition) is 1. The summed E-state index contributed by atoms with van der Waals surface area (Å²) in [7, 11) is 3.24. The molecule has 2 aromatic rings. The molecule has 106 valence electrons. The van der Waals surface area contributed by atoms with Crippen LogP contribution < -0.4 is 10.1 Å². The topological polar surface area (TPSA) is 21.3 Å². The second-order valence-corrected chi connectivity index (χ2v) is 5.04. The lowest BCUT2D eigenvalue weighted by molar-refractivity contribution is 0.385. The van der Waals surface area contributed by atoms with Gasteiger partial charge in [-0.15, -0.1) is 0 Å². The van der Waals surface area contributed by atoms with E-state index < -0.39 is 5.82 Å². The van der Waals surface area contributed by atoms with Gasteiger partial charge in [0.25, 0.3) is 0 Å². The first-order valence-corrected chi connectivity index (χ1v) is 6.78. The molecule has 0 fully saturated rings. The van der Waals surface area contributed by atoms with Crippen molar-refractivity contribution in [2.75, 3.05) is 14.2 Å². The summed E-state index contributed by atoms with van der Waals surface area (Å²) in [6, 6.07) is 9.95. The highest BCUT2D eigenvalue weighted by atomic mass is 35.5. The lowest BCUT2D eigenvalue weighted by atomic mass is 9.98. The lowest BCUT2D eigenvalue weighted by Crippen LogP contribution is -2.18. The molecule has 0 aliphatic carbocycles. The second-order valence-electron chi connectivity index (χ2n) is 4.26. The average Bonchev–Trinajstić information content (AvgIpc) is 2.45. The molecule has 0 heterocycles. The number of benzene rings is 2. The van der Waals surface area contributed by atoms with Crippen LogP contribution in [0.4, 0.5) is 4.39 Å². The van der Waals surface area contributed by atoms with Crippen LogP contribution in [0.3, 0.4) is 0 Å². The van der Waals surface area contributed by atoms with Gasteiger partial charge in [0.2, 0.25) is 0 Å². The normalized spacial score (nSPS) is 12.2. The second kappa shape index (κ2) is 6.44. The van der Waals surface area contributed by atoms with Crippen molar-refractivity contribution < 1.29 is 9.13 Å². The summed E-state index contributed by atoms with van der Waals surface area (Å²) in [4.78, 5) is 0. The zero-order chi connectivity index (χ0) is 14.7. The van der Waals surface area contributed by atoms with E-state index in [0.29, 0.717) is 10.0 Å². The van der Waals surface area contributed by atoms with Crippen LogP contribution in [0.5, 0.6) is 5.75 Å². The molecule has 0 aromatic heterocycles. The monoisotopic (exact) mass is 313 g/mol. The van der Waals surface area contributed by atoms with Crippen molar-refractivity contribution in [3.63, 3.8) is 0 Å². The van der Waals surface area contributed by atoms with E-state index in [9.17, 15) is 4.39 Å². The van der Waals surface area contributed by atoms with E-state index in [2.05, 4.69) is 5.32 Å². The van der Waals surface area contributed by atoms with E-state index >= 15 is 0 Å². The summed E-state index contributed by atoms with van der Waals surface area (Å²) >= 11 is 12.3. The van der Waals surface area contributed by atoms with Crippen LogP contribution in [0.1, 0.15) is 17.2 Å².